The molecular formula is C24H41IN4O2. The SMILES string of the molecule is CCNC(=NCCCOC1CCOCC1)NC1CCN(C(C)c2ccccc2)CC1.I. The number of ether oxygens (including phenoxy) is 2. The lowest BCUT2D eigenvalue weighted by Gasteiger charge is -2.37. The van der Waals surface area contributed by atoms with E-state index in [2.05, 4.69) is 59.7 Å². The molecule has 176 valence electrons. The minimum absolute atomic E-state index is 0. The highest BCUT2D eigenvalue weighted by Crippen LogP contribution is 2.24. The highest BCUT2D eigenvalue weighted by molar-refractivity contribution is 14.0. The Kier molecular flexibility index (Phi) is 12.8. The van der Waals surface area contributed by atoms with Crippen molar-refractivity contribution in [3.8, 4) is 0 Å². The molecule has 2 aliphatic rings. The summed E-state index contributed by atoms with van der Waals surface area (Å²) in [7, 11) is 0. The molecule has 0 amide bonds. The van der Waals surface area contributed by atoms with Gasteiger partial charge in [0.15, 0.2) is 5.96 Å². The minimum atomic E-state index is 0. The molecule has 0 spiro atoms. The second kappa shape index (κ2) is 15.0. The van der Waals surface area contributed by atoms with E-state index in [1.807, 2.05) is 0 Å². The molecule has 0 aliphatic carbocycles. The molecule has 0 radical (unpaired) electrons. The molecule has 0 saturated carbocycles. The van der Waals surface area contributed by atoms with Crippen LogP contribution in [0.1, 0.15) is 57.6 Å². The van der Waals surface area contributed by atoms with Crippen molar-refractivity contribution >= 4 is 29.9 Å². The highest BCUT2D eigenvalue weighted by Gasteiger charge is 2.24. The third-order valence-electron chi connectivity index (χ3n) is 6.14. The minimum Gasteiger partial charge on any atom is -0.381 e. The van der Waals surface area contributed by atoms with Crippen molar-refractivity contribution < 1.29 is 9.47 Å². The normalized spacial score (nSPS) is 20.1. The van der Waals surface area contributed by atoms with Gasteiger partial charge in [0.2, 0.25) is 0 Å². The maximum absolute atomic E-state index is 5.95. The predicted molar refractivity (Wildman–Crippen MR) is 138 cm³/mol. The standard InChI is InChI=1S/C24H40N4O2.HI/c1-3-25-24(26-14-7-17-30-23-12-18-29-19-13-23)27-22-10-15-28(16-11-22)20(2)21-8-5-4-6-9-21;/h4-6,8-9,20,22-23H,3,7,10-19H2,1-2H3,(H2,25,26,27);1H. The number of hydrogen-bond acceptors (Lipinski definition) is 4. The van der Waals surface area contributed by atoms with Crippen LogP contribution in [-0.4, -0.2) is 69.0 Å². The Morgan fingerprint density at radius 3 is 2.55 bits per heavy atom. The Morgan fingerprint density at radius 1 is 1.16 bits per heavy atom. The first-order chi connectivity index (χ1) is 14.8. The van der Waals surface area contributed by atoms with E-state index in [9.17, 15) is 0 Å². The number of piperidine rings is 1. The van der Waals surface area contributed by atoms with Gasteiger partial charge in [-0.05, 0) is 51.5 Å². The van der Waals surface area contributed by atoms with Gasteiger partial charge in [0.1, 0.15) is 0 Å². The summed E-state index contributed by atoms with van der Waals surface area (Å²) < 4.78 is 11.3. The maximum atomic E-state index is 5.95. The second-order valence-electron chi connectivity index (χ2n) is 8.34. The number of nitrogens with one attached hydrogen (secondary N) is 2. The fraction of sp³-hybridized carbons (Fsp3) is 0.708. The fourth-order valence-corrected chi connectivity index (χ4v) is 4.23. The fourth-order valence-electron chi connectivity index (χ4n) is 4.23. The molecule has 0 aromatic heterocycles. The van der Waals surface area contributed by atoms with Gasteiger partial charge < -0.3 is 20.1 Å². The molecule has 6 nitrogen and oxygen atoms in total. The maximum Gasteiger partial charge on any atom is 0.191 e. The topological polar surface area (TPSA) is 58.1 Å². The van der Waals surface area contributed by atoms with E-state index in [-0.39, 0.29) is 24.0 Å². The quantitative estimate of drug-likeness (QED) is 0.213. The number of likely N-dealkylation sites (tertiary alicyclic amines) is 1. The van der Waals surface area contributed by atoms with Gasteiger partial charge in [-0.1, -0.05) is 30.3 Å². The summed E-state index contributed by atoms with van der Waals surface area (Å²) in [4.78, 5) is 7.36. The number of rotatable bonds is 9. The lowest BCUT2D eigenvalue weighted by atomic mass is 10.0. The van der Waals surface area contributed by atoms with Gasteiger partial charge in [-0.15, -0.1) is 24.0 Å². The van der Waals surface area contributed by atoms with Crippen molar-refractivity contribution in [2.45, 2.75) is 64.1 Å². The lowest BCUT2D eigenvalue weighted by Crippen LogP contribution is -2.49. The van der Waals surface area contributed by atoms with Crippen molar-refractivity contribution in [2.24, 2.45) is 4.99 Å². The van der Waals surface area contributed by atoms with Gasteiger partial charge in [0.25, 0.3) is 0 Å². The number of halogens is 1. The van der Waals surface area contributed by atoms with E-state index in [0.717, 1.165) is 84.1 Å². The van der Waals surface area contributed by atoms with E-state index in [4.69, 9.17) is 14.5 Å². The van der Waals surface area contributed by atoms with Crippen LogP contribution >= 0.6 is 24.0 Å². The molecule has 1 unspecified atom stereocenters. The number of aliphatic imine (C=N–C) groups is 1. The first-order valence-corrected chi connectivity index (χ1v) is 11.8. The Bertz CT molecular complexity index is 617. The largest absolute Gasteiger partial charge is 0.381 e. The van der Waals surface area contributed by atoms with Crippen LogP contribution < -0.4 is 10.6 Å². The molecule has 2 aliphatic heterocycles. The smallest absolute Gasteiger partial charge is 0.191 e. The summed E-state index contributed by atoms with van der Waals surface area (Å²) in [6, 6.07) is 11.8. The summed E-state index contributed by atoms with van der Waals surface area (Å²) in [5, 5.41) is 7.05. The van der Waals surface area contributed by atoms with Crippen LogP contribution in [0.15, 0.2) is 35.3 Å². The molecule has 3 rings (SSSR count). The van der Waals surface area contributed by atoms with E-state index < -0.39 is 0 Å². The zero-order chi connectivity index (χ0) is 21.0. The van der Waals surface area contributed by atoms with Crippen molar-refractivity contribution in [2.75, 3.05) is 46.0 Å². The van der Waals surface area contributed by atoms with Gasteiger partial charge in [-0.25, -0.2) is 0 Å². The van der Waals surface area contributed by atoms with E-state index in [1.54, 1.807) is 0 Å². The van der Waals surface area contributed by atoms with Crippen LogP contribution in [-0.2, 0) is 9.47 Å². The molecule has 2 saturated heterocycles. The molecule has 7 heteroatoms. The van der Waals surface area contributed by atoms with Gasteiger partial charge in [0, 0.05) is 58.1 Å². The Labute approximate surface area is 205 Å². The average molecular weight is 545 g/mol. The highest BCUT2D eigenvalue weighted by atomic mass is 127. The van der Waals surface area contributed by atoms with Crippen LogP contribution in [0.3, 0.4) is 0 Å². The van der Waals surface area contributed by atoms with Crippen molar-refractivity contribution in [1.82, 2.24) is 15.5 Å². The van der Waals surface area contributed by atoms with Gasteiger partial charge in [-0.3, -0.25) is 9.89 Å². The molecule has 1 atom stereocenters. The number of benzene rings is 1. The summed E-state index contributed by atoms with van der Waals surface area (Å²) >= 11 is 0. The summed E-state index contributed by atoms with van der Waals surface area (Å²) in [6.45, 7) is 10.8. The first kappa shape index (κ1) is 26.4. The summed E-state index contributed by atoms with van der Waals surface area (Å²) in [6.07, 6.45) is 5.67. The average Bonchev–Trinajstić information content (AvgIpc) is 2.80. The lowest BCUT2D eigenvalue weighted by molar-refractivity contribution is -0.0318. The molecule has 2 heterocycles. The third kappa shape index (κ3) is 9.24. The van der Waals surface area contributed by atoms with Crippen molar-refractivity contribution in [3.63, 3.8) is 0 Å². The van der Waals surface area contributed by atoms with Gasteiger partial charge in [-0.2, -0.15) is 0 Å². The van der Waals surface area contributed by atoms with E-state index in [1.165, 1.54) is 5.56 Å². The van der Waals surface area contributed by atoms with Crippen LogP contribution in [0.25, 0.3) is 0 Å². The zero-order valence-corrected chi connectivity index (χ0v) is 21.6. The van der Waals surface area contributed by atoms with Gasteiger partial charge >= 0.3 is 0 Å². The van der Waals surface area contributed by atoms with E-state index in [0.29, 0.717) is 18.2 Å². The third-order valence-corrected chi connectivity index (χ3v) is 6.14. The zero-order valence-electron chi connectivity index (χ0n) is 19.2. The molecule has 0 bridgehead atoms. The monoisotopic (exact) mass is 544 g/mol. The molecule has 1 aromatic rings. The van der Waals surface area contributed by atoms with Crippen molar-refractivity contribution in [3.05, 3.63) is 35.9 Å². The molecular weight excluding hydrogens is 503 g/mol. The molecule has 2 N–H and O–H groups in total. The number of nitrogens with zero attached hydrogens (tertiary/aromatic N) is 2. The number of guanidine groups is 1. The Morgan fingerprint density at radius 2 is 1.87 bits per heavy atom. The second-order valence-corrected chi connectivity index (χ2v) is 8.34. The van der Waals surface area contributed by atoms with Gasteiger partial charge in [0.05, 0.1) is 6.10 Å². The first-order valence-electron chi connectivity index (χ1n) is 11.8. The van der Waals surface area contributed by atoms with Crippen LogP contribution in [0.4, 0.5) is 0 Å². The summed E-state index contributed by atoms with van der Waals surface area (Å²) in [5.74, 6) is 0.943. The molecule has 2 fully saturated rings. The molecule has 1 aromatic carbocycles. The predicted octanol–water partition coefficient (Wildman–Crippen LogP) is 3.97. The Balaban J connectivity index is 0.00000341. The molecule has 31 heavy (non-hydrogen) atoms. The van der Waals surface area contributed by atoms with Crippen LogP contribution in [0, 0.1) is 0 Å². The summed E-state index contributed by atoms with van der Waals surface area (Å²) in [5.41, 5.74) is 1.40. The number of hydrogen-bond donors (Lipinski definition) is 2. The van der Waals surface area contributed by atoms with Crippen molar-refractivity contribution in [1.29, 1.82) is 0 Å². The van der Waals surface area contributed by atoms with E-state index >= 15 is 0 Å². The van der Waals surface area contributed by atoms with Crippen LogP contribution in [0.2, 0.25) is 0 Å². The Hall–Kier alpha value is -0.900. The van der Waals surface area contributed by atoms with Crippen LogP contribution in [0.5, 0.6) is 0 Å².